The Morgan fingerprint density at radius 3 is 2.65 bits per heavy atom. The minimum absolute atomic E-state index is 0.238. The third-order valence-electron chi connectivity index (χ3n) is 3.64. The van der Waals surface area contributed by atoms with E-state index in [2.05, 4.69) is 6.92 Å². The second-order valence-corrected chi connectivity index (χ2v) is 5.39. The normalized spacial score (nSPS) is 22.1. The molecule has 0 radical (unpaired) electrons. The average molecular weight is 275 g/mol. The van der Waals surface area contributed by atoms with E-state index in [1.165, 1.54) is 4.90 Å². The first-order valence-corrected chi connectivity index (χ1v) is 6.88. The summed E-state index contributed by atoms with van der Waals surface area (Å²) in [7, 11) is 0. The number of carbonyl (C=O) groups is 1. The van der Waals surface area contributed by atoms with E-state index in [1.54, 1.807) is 13.8 Å². The number of benzene rings is 1. The van der Waals surface area contributed by atoms with Gasteiger partial charge in [0.2, 0.25) is 0 Å². The van der Waals surface area contributed by atoms with Crippen molar-refractivity contribution in [1.82, 2.24) is 4.90 Å². The first kappa shape index (κ1) is 14.6. The van der Waals surface area contributed by atoms with Crippen LogP contribution in [-0.4, -0.2) is 34.5 Å². The largest absolute Gasteiger partial charge is 0.465 e. The first-order valence-electron chi connectivity index (χ1n) is 6.88. The third-order valence-corrected chi connectivity index (χ3v) is 3.64. The van der Waals surface area contributed by atoms with Crippen LogP contribution < -0.4 is 0 Å². The van der Waals surface area contributed by atoms with Crippen LogP contribution in [0.5, 0.6) is 0 Å². The van der Waals surface area contributed by atoms with Gasteiger partial charge in [0.25, 0.3) is 0 Å². The second-order valence-electron chi connectivity index (χ2n) is 5.39. The SMILES string of the molecule is CC/C(=C\[C@H]1COC(C)(C)N1C(=O)O)c1ccccc1. The molecule has 0 bridgehead atoms. The molecule has 1 heterocycles. The zero-order valence-corrected chi connectivity index (χ0v) is 12.2. The molecule has 1 saturated heterocycles. The molecule has 1 fully saturated rings. The summed E-state index contributed by atoms with van der Waals surface area (Å²) in [5.74, 6) is 0. The maximum atomic E-state index is 11.5. The minimum Gasteiger partial charge on any atom is -0.465 e. The van der Waals surface area contributed by atoms with Gasteiger partial charge in [-0.2, -0.15) is 0 Å². The van der Waals surface area contributed by atoms with Crippen molar-refractivity contribution in [2.75, 3.05) is 6.61 Å². The fraction of sp³-hybridized carbons (Fsp3) is 0.438. The van der Waals surface area contributed by atoms with E-state index in [-0.39, 0.29) is 6.04 Å². The van der Waals surface area contributed by atoms with Gasteiger partial charge in [-0.1, -0.05) is 43.3 Å². The van der Waals surface area contributed by atoms with Gasteiger partial charge in [-0.05, 0) is 31.4 Å². The zero-order chi connectivity index (χ0) is 14.8. The van der Waals surface area contributed by atoms with Gasteiger partial charge in [-0.3, -0.25) is 4.90 Å². The maximum Gasteiger partial charge on any atom is 0.410 e. The molecule has 1 aliphatic heterocycles. The fourth-order valence-electron chi connectivity index (χ4n) is 2.63. The van der Waals surface area contributed by atoms with E-state index < -0.39 is 11.8 Å². The minimum atomic E-state index is -0.947. The number of allylic oxidation sites excluding steroid dienone is 1. The highest BCUT2D eigenvalue weighted by molar-refractivity contribution is 5.70. The van der Waals surface area contributed by atoms with Gasteiger partial charge in [0.1, 0.15) is 5.72 Å². The molecule has 1 N–H and O–H groups in total. The molecular weight excluding hydrogens is 254 g/mol. The number of rotatable bonds is 3. The van der Waals surface area contributed by atoms with Crippen molar-refractivity contribution in [3.05, 3.63) is 42.0 Å². The molecule has 0 unspecified atom stereocenters. The Morgan fingerprint density at radius 1 is 1.45 bits per heavy atom. The smallest absolute Gasteiger partial charge is 0.410 e. The quantitative estimate of drug-likeness (QED) is 0.917. The molecule has 1 aliphatic rings. The van der Waals surface area contributed by atoms with Crippen LogP contribution >= 0.6 is 0 Å². The topological polar surface area (TPSA) is 49.8 Å². The molecule has 20 heavy (non-hydrogen) atoms. The number of hydrogen-bond acceptors (Lipinski definition) is 2. The lowest BCUT2D eigenvalue weighted by Gasteiger charge is -2.30. The molecule has 0 spiro atoms. The van der Waals surface area contributed by atoms with Gasteiger partial charge in [0.05, 0.1) is 12.6 Å². The van der Waals surface area contributed by atoms with Crippen molar-refractivity contribution in [2.24, 2.45) is 0 Å². The van der Waals surface area contributed by atoms with E-state index in [0.717, 1.165) is 17.6 Å². The average Bonchev–Trinajstić information content (AvgIpc) is 2.72. The summed E-state index contributed by atoms with van der Waals surface area (Å²) in [6.45, 7) is 6.03. The van der Waals surface area contributed by atoms with E-state index in [9.17, 15) is 9.90 Å². The maximum absolute atomic E-state index is 11.5. The van der Waals surface area contributed by atoms with Crippen LogP contribution in [0.25, 0.3) is 5.57 Å². The number of hydrogen-bond donors (Lipinski definition) is 1. The zero-order valence-electron chi connectivity index (χ0n) is 12.2. The molecule has 0 aliphatic carbocycles. The summed E-state index contributed by atoms with van der Waals surface area (Å²) in [6, 6.07) is 9.80. The molecule has 1 amide bonds. The highest BCUT2D eigenvalue weighted by Crippen LogP contribution is 2.30. The van der Waals surface area contributed by atoms with Crippen LogP contribution in [0.3, 0.4) is 0 Å². The third kappa shape index (κ3) is 2.85. The molecule has 1 aromatic rings. The van der Waals surface area contributed by atoms with Gasteiger partial charge >= 0.3 is 6.09 Å². The van der Waals surface area contributed by atoms with Crippen molar-refractivity contribution in [2.45, 2.75) is 39.0 Å². The summed E-state index contributed by atoms with van der Waals surface area (Å²) in [5, 5.41) is 9.39. The highest BCUT2D eigenvalue weighted by Gasteiger charge is 2.43. The molecule has 1 aromatic carbocycles. The number of nitrogens with zero attached hydrogens (tertiary/aromatic N) is 1. The van der Waals surface area contributed by atoms with Crippen molar-refractivity contribution < 1.29 is 14.6 Å². The molecule has 0 aromatic heterocycles. The summed E-state index contributed by atoms with van der Waals surface area (Å²) >= 11 is 0. The lowest BCUT2D eigenvalue weighted by Crippen LogP contribution is -2.46. The van der Waals surface area contributed by atoms with Gasteiger partial charge in [0, 0.05) is 0 Å². The monoisotopic (exact) mass is 275 g/mol. The Morgan fingerprint density at radius 2 is 2.10 bits per heavy atom. The summed E-state index contributed by atoms with van der Waals surface area (Å²) in [6.07, 6.45) is 1.92. The molecule has 4 nitrogen and oxygen atoms in total. The van der Waals surface area contributed by atoms with Crippen LogP contribution in [0.15, 0.2) is 36.4 Å². The molecule has 1 atom stereocenters. The molecule has 4 heteroatoms. The summed E-state index contributed by atoms with van der Waals surface area (Å²) < 4.78 is 5.61. The standard InChI is InChI=1S/C16H21NO3/c1-4-12(13-8-6-5-7-9-13)10-14-11-20-16(2,3)17(14)15(18)19/h5-10,14H,4,11H2,1-3H3,(H,18,19)/b12-10+/t14-/m0/s1. The molecule has 108 valence electrons. The van der Waals surface area contributed by atoms with Gasteiger partial charge in [-0.25, -0.2) is 4.79 Å². The van der Waals surface area contributed by atoms with Crippen LogP contribution in [0.4, 0.5) is 4.79 Å². The lowest BCUT2D eigenvalue weighted by molar-refractivity contribution is -0.0409. The number of amides is 1. The van der Waals surface area contributed by atoms with E-state index in [1.807, 2.05) is 36.4 Å². The second kappa shape index (κ2) is 5.67. The van der Waals surface area contributed by atoms with Crippen LogP contribution in [0.1, 0.15) is 32.8 Å². The van der Waals surface area contributed by atoms with E-state index in [0.29, 0.717) is 6.61 Å². The van der Waals surface area contributed by atoms with Gasteiger partial charge in [0.15, 0.2) is 0 Å². The first-order chi connectivity index (χ1) is 9.45. The Hall–Kier alpha value is -1.81. The summed E-state index contributed by atoms with van der Waals surface area (Å²) in [5.41, 5.74) is 1.50. The predicted octanol–water partition coefficient (Wildman–Crippen LogP) is 3.59. The van der Waals surface area contributed by atoms with Crippen molar-refractivity contribution in [3.8, 4) is 0 Å². The van der Waals surface area contributed by atoms with Crippen LogP contribution in [0.2, 0.25) is 0 Å². The number of carboxylic acid groups (broad SMARTS) is 1. The van der Waals surface area contributed by atoms with E-state index in [4.69, 9.17) is 4.74 Å². The lowest BCUT2D eigenvalue weighted by atomic mass is 10.0. The Kier molecular flexibility index (Phi) is 4.14. The van der Waals surface area contributed by atoms with Crippen molar-refractivity contribution >= 4 is 11.7 Å². The molecular formula is C16H21NO3. The molecule has 2 rings (SSSR count). The van der Waals surface area contributed by atoms with Crippen molar-refractivity contribution in [3.63, 3.8) is 0 Å². The Bertz CT molecular complexity index is 508. The van der Waals surface area contributed by atoms with E-state index >= 15 is 0 Å². The highest BCUT2D eigenvalue weighted by atomic mass is 16.5. The van der Waals surface area contributed by atoms with Crippen LogP contribution in [-0.2, 0) is 4.74 Å². The predicted molar refractivity (Wildman–Crippen MR) is 78.4 cm³/mol. The Balaban J connectivity index is 2.31. The van der Waals surface area contributed by atoms with Crippen LogP contribution in [0, 0.1) is 0 Å². The summed E-state index contributed by atoms with van der Waals surface area (Å²) in [4.78, 5) is 12.8. The molecule has 0 saturated carbocycles. The van der Waals surface area contributed by atoms with Gasteiger partial charge in [-0.15, -0.1) is 0 Å². The Labute approximate surface area is 119 Å². The van der Waals surface area contributed by atoms with Gasteiger partial charge < -0.3 is 9.84 Å². The fourth-order valence-corrected chi connectivity index (χ4v) is 2.63. The van der Waals surface area contributed by atoms with Crippen molar-refractivity contribution in [1.29, 1.82) is 0 Å². The number of ether oxygens (including phenoxy) is 1.